The quantitative estimate of drug-likeness (QED) is 0.933. The van der Waals surface area contributed by atoms with Crippen LogP contribution in [0.15, 0.2) is 24.3 Å². The van der Waals surface area contributed by atoms with E-state index in [1.165, 1.54) is 0 Å². The molecule has 1 atom stereocenters. The number of hydrogen-bond donors (Lipinski definition) is 1. The van der Waals surface area contributed by atoms with Gasteiger partial charge in [-0.3, -0.25) is 0 Å². The van der Waals surface area contributed by atoms with Crippen molar-refractivity contribution in [2.75, 3.05) is 0 Å². The molecule has 1 N–H and O–H groups in total. The van der Waals surface area contributed by atoms with E-state index in [4.69, 9.17) is 11.6 Å². The lowest BCUT2D eigenvalue weighted by molar-refractivity contribution is 0.0691. The zero-order valence-electron chi connectivity index (χ0n) is 10.7. The molecule has 0 bridgehead atoms. The van der Waals surface area contributed by atoms with Gasteiger partial charge in [0.2, 0.25) is 0 Å². The van der Waals surface area contributed by atoms with Gasteiger partial charge in [-0.15, -0.1) is 5.10 Å². The van der Waals surface area contributed by atoms with Crippen LogP contribution in [0.1, 0.15) is 36.8 Å². The van der Waals surface area contributed by atoms with E-state index >= 15 is 0 Å². The number of nitrogens with zero attached hydrogens (tertiary/aromatic N) is 3. The van der Waals surface area contributed by atoms with Gasteiger partial charge in [-0.1, -0.05) is 35.9 Å². The van der Waals surface area contributed by atoms with Crippen molar-refractivity contribution in [1.82, 2.24) is 15.0 Å². The third kappa shape index (κ3) is 2.61. The first-order valence-corrected chi connectivity index (χ1v) is 6.36. The average Bonchev–Trinajstić information content (AvgIpc) is 2.83. The van der Waals surface area contributed by atoms with Crippen molar-refractivity contribution >= 4 is 17.6 Å². The molecule has 2 aromatic rings. The molecule has 1 unspecified atom stereocenters. The lowest BCUT2D eigenvalue weighted by Gasteiger charge is -2.13. The van der Waals surface area contributed by atoms with Gasteiger partial charge in [-0.2, -0.15) is 0 Å². The Kier molecular flexibility index (Phi) is 3.85. The summed E-state index contributed by atoms with van der Waals surface area (Å²) in [5.74, 6) is -1.08. The van der Waals surface area contributed by atoms with E-state index in [1.54, 1.807) is 28.9 Å². The SMILES string of the molecule is CCC(C)n1nnc(C(=O)O)c1-c1ccc(Cl)cc1. The summed E-state index contributed by atoms with van der Waals surface area (Å²) in [7, 11) is 0. The van der Waals surface area contributed by atoms with E-state index in [1.807, 2.05) is 13.8 Å². The molecule has 0 amide bonds. The highest BCUT2D eigenvalue weighted by atomic mass is 35.5. The highest BCUT2D eigenvalue weighted by molar-refractivity contribution is 6.30. The largest absolute Gasteiger partial charge is 0.476 e. The molecule has 0 aliphatic rings. The van der Waals surface area contributed by atoms with Crippen LogP contribution in [0.25, 0.3) is 11.3 Å². The highest BCUT2D eigenvalue weighted by Crippen LogP contribution is 2.27. The van der Waals surface area contributed by atoms with Crippen LogP contribution in [0.2, 0.25) is 5.02 Å². The third-order valence-electron chi connectivity index (χ3n) is 3.02. The Morgan fingerprint density at radius 1 is 1.42 bits per heavy atom. The molecule has 0 aliphatic carbocycles. The van der Waals surface area contributed by atoms with Crippen molar-refractivity contribution in [3.8, 4) is 11.3 Å². The Morgan fingerprint density at radius 3 is 2.58 bits per heavy atom. The molecular formula is C13H14ClN3O2. The Morgan fingerprint density at radius 2 is 2.05 bits per heavy atom. The van der Waals surface area contributed by atoms with Crippen LogP contribution in [0.4, 0.5) is 0 Å². The van der Waals surface area contributed by atoms with Crippen LogP contribution in [0.3, 0.4) is 0 Å². The van der Waals surface area contributed by atoms with E-state index in [9.17, 15) is 9.90 Å². The van der Waals surface area contributed by atoms with E-state index in [0.717, 1.165) is 12.0 Å². The van der Waals surface area contributed by atoms with Gasteiger partial charge in [0.25, 0.3) is 0 Å². The molecule has 5 nitrogen and oxygen atoms in total. The Hall–Kier alpha value is -1.88. The summed E-state index contributed by atoms with van der Waals surface area (Å²) in [6, 6.07) is 7.05. The maximum Gasteiger partial charge on any atom is 0.358 e. The minimum Gasteiger partial charge on any atom is -0.476 e. The molecule has 1 heterocycles. The number of carboxylic acid groups (broad SMARTS) is 1. The smallest absolute Gasteiger partial charge is 0.358 e. The minimum absolute atomic E-state index is 0.0392. The van der Waals surface area contributed by atoms with Crippen LogP contribution in [-0.2, 0) is 0 Å². The lowest BCUT2D eigenvalue weighted by Crippen LogP contribution is -2.09. The summed E-state index contributed by atoms with van der Waals surface area (Å²) >= 11 is 5.85. The fourth-order valence-electron chi connectivity index (χ4n) is 1.80. The van der Waals surface area contributed by atoms with E-state index in [0.29, 0.717) is 10.7 Å². The fraction of sp³-hybridized carbons (Fsp3) is 0.308. The molecule has 0 spiro atoms. The molecule has 6 heteroatoms. The maximum atomic E-state index is 11.2. The minimum atomic E-state index is -1.08. The molecule has 2 rings (SSSR count). The molecule has 0 saturated heterocycles. The van der Waals surface area contributed by atoms with Crippen LogP contribution in [0, 0.1) is 0 Å². The summed E-state index contributed by atoms with van der Waals surface area (Å²) in [6.07, 6.45) is 0.836. The van der Waals surface area contributed by atoms with E-state index in [2.05, 4.69) is 10.3 Å². The fourth-order valence-corrected chi connectivity index (χ4v) is 1.92. The Bertz CT molecular complexity index is 592. The number of aromatic nitrogens is 3. The zero-order chi connectivity index (χ0) is 14.0. The monoisotopic (exact) mass is 279 g/mol. The molecule has 1 aromatic heterocycles. The van der Waals surface area contributed by atoms with Gasteiger partial charge in [0, 0.05) is 10.6 Å². The van der Waals surface area contributed by atoms with Crippen molar-refractivity contribution in [2.24, 2.45) is 0 Å². The van der Waals surface area contributed by atoms with Crippen molar-refractivity contribution in [2.45, 2.75) is 26.3 Å². The normalized spacial score (nSPS) is 12.4. The number of hydrogen-bond acceptors (Lipinski definition) is 3. The summed E-state index contributed by atoms with van der Waals surface area (Å²) in [5.41, 5.74) is 1.22. The van der Waals surface area contributed by atoms with Gasteiger partial charge in [-0.25, -0.2) is 9.48 Å². The summed E-state index contributed by atoms with van der Waals surface area (Å²) < 4.78 is 1.65. The van der Waals surface area contributed by atoms with Crippen LogP contribution >= 0.6 is 11.6 Å². The molecule has 0 radical (unpaired) electrons. The van der Waals surface area contributed by atoms with Crippen LogP contribution in [0.5, 0.6) is 0 Å². The molecule has 1 aromatic carbocycles. The van der Waals surface area contributed by atoms with Gasteiger partial charge in [-0.05, 0) is 25.5 Å². The molecule has 0 aliphatic heterocycles. The van der Waals surface area contributed by atoms with Gasteiger partial charge in [0.1, 0.15) is 5.69 Å². The number of carbonyl (C=O) groups is 1. The molecular weight excluding hydrogens is 266 g/mol. The van der Waals surface area contributed by atoms with Crippen molar-refractivity contribution < 1.29 is 9.90 Å². The van der Waals surface area contributed by atoms with Crippen LogP contribution < -0.4 is 0 Å². The second-order valence-electron chi connectivity index (χ2n) is 4.30. The van der Waals surface area contributed by atoms with Gasteiger partial charge in [0.15, 0.2) is 5.69 Å². The first kappa shape index (κ1) is 13.5. The lowest BCUT2D eigenvalue weighted by atomic mass is 10.1. The Balaban J connectivity index is 2.60. The average molecular weight is 280 g/mol. The van der Waals surface area contributed by atoms with E-state index < -0.39 is 5.97 Å². The second-order valence-corrected chi connectivity index (χ2v) is 4.74. The second kappa shape index (κ2) is 5.40. The number of carboxylic acids is 1. The Labute approximate surface area is 115 Å². The number of benzene rings is 1. The van der Waals surface area contributed by atoms with E-state index in [-0.39, 0.29) is 11.7 Å². The molecule has 19 heavy (non-hydrogen) atoms. The number of aromatic carboxylic acids is 1. The summed E-state index contributed by atoms with van der Waals surface area (Å²) in [4.78, 5) is 11.2. The standard InChI is InChI=1S/C13H14ClN3O2/c1-3-8(2)17-12(11(13(18)19)15-16-17)9-4-6-10(14)7-5-9/h4-8H,3H2,1-2H3,(H,18,19). The molecule has 0 saturated carbocycles. The zero-order valence-corrected chi connectivity index (χ0v) is 11.4. The summed E-state index contributed by atoms with van der Waals surface area (Å²) in [5, 5.41) is 17.5. The first-order chi connectivity index (χ1) is 9.04. The predicted octanol–water partition coefficient (Wildman–Crippen LogP) is 3.27. The topological polar surface area (TPSA) is 68.0 Å². The first-order valence-electron chi connectivity index (χ1n) is 5.99. The number of rotatable bonds is 4. The summed E-state index contributed by atoms with van der Waals surface area (Å²) in [6.45, 7) is 3.98. The van der Waals surface area contributed by atoms with Crippen molar-refractivity contribution in [1.29, 1.82) is 0 Å². The molecule has 0 fully saturated rings. The van der Waals surface area contributed by atoms with Crippen molar-refractivity contribution in [3.05, 3.63) is 35.0 Å². The van der Waals surface area contributed by atoms with Crippen LogP contribution in [-0.4, -0.2) is 26.1 Å². The number of halogens is 1. The highest BCUT2D eigenvalue weighted by Gasteiger charge is 2.22. The van der Waals surface area contributed by atoms with Gasteiger partial charge < -0.3 is 5.11 Å². The third-order valence-corrected chi connectivity index (χ3v) is 3.28. The van der Waals surface area contributed by atoms with Gasteiger partial charge >= 0.3 is 5.97 Å². The van der Waals surface area contributed by atoms with Gasteiger partial charge in [0.05, 0.1) is 6.04 Å². The molecule has 100 valence electrons. The van der Waals surface area contributed by atoms with Crippen molar-refractivity contribution in [3.63, 3.8) is 0 Å². The maximum absolute atomic E-state index is 11.2. The predicted molar refractivity (Wildman–Crippen MR) is 72.4 cm³/mol.